The van der Waals surface area contributed by atoms with Crippen molar-refractivity contribution in [1.29, 1.82) is 0 Å². The average Bonchev–Trinajstić information content (AvgIpc) is 2.74. The molecule has 5 heteroatoms. The highest BCUT2D eigenvalue weighted by Gasteiger charge is 2.03. The van der Waals surface area contributed by atoms with E-state index in [9.17, 15) is 0 Å². The Morgan fingerprint density at radius 1 is 0.893 bits per heavy atom. The maximum atomic E-state index is 5.98. The van der Waals surface area contributed by atoms with Gasteiger partial charge in [-0.15, -0.1) is 0 Å². The molecule has 3 aromatic carbocycles. The molecule has 3 aromatic rings. The summed E-state index contributed by atoms with van der Waals surface area (Å²) in [6.07, 6.45) is 1.72. The van der Waals surface area contributed by atoms with Crippen molar-refractivity contribution in [3.63, 3.8) is 0 Å². The van der Waals surface area contributed by atoms with Crippen molar-refractivity contribution in [2.45, 2.75) is 6.54 Å². The normalized spacial score (nSPS) is 11.0. The Bertz CT molecular complexity index is 907. The first-order valence-electron chi connectivity index (χ1n) is 8.95. The van der Waals surface area contributed by atoms with Crippen LogP contribution in [0.1, 0.15) is 5.56 Å². The van der Waals surface area contributed by atoms with E-state index < -0.39 is 0 Å². The van der Waals surface area contributed by atoms with Crippen LogP contribution >= 0.6 is 11.6 Å². The Balaban J connectivity index is 1.74. The molecule has 0 saturated carbocycles. The quantitative estimate of drug-likeness (QED) is 0.295. The topological polar surface area (TPSA) is 45.6 Å². The van der Waals surface area contributed by atoms with Crippen LogP contribution in [0, 0.1) is 0 Å². The number of benzene rings is 3. The number of guanidine groups is 1. The maximum absolute atomic E-state index is 5.98. The van der Waals surface area contributed by atoms with E-state index in [1.54, 1.807) is 6.08 Å². The number of ether oxygens (including phenoxy) is 1. The highest BCUT2D eigenvalue weighted by Crippen LogP contribution is 2.17. The molecule has 0 radical (unpaired) electrons. The van der Waals surface area contributed by atoms with Crippen LogP contribution in [0.25, 0.3) is 0 Å². The second kappa shape index (κ2) is 10.2. The number of halogens is 1. The zero-order valence-electron chi connectivity index (χ0n) is 15.4. The number of anilines is 2. The Morgan fingerprint density at radius 2 is 1.50 bits per heavy atom. The molecular weight excluding hydrogens is 370 g/mol. The van der Waals surface area contributed by atoms with Gasteiger partial charge in [-0.2, -0.15) is 0 Å². The van der Waals surface area contributed by atoms with E-state index in [0.29, 0.717) is 24.1 Å². The van der Waals surface area contributed by atoms with Gasteiger partial charge >= 0.3 is 0 Å². The lowest BCUT2D eigenvalue weighted by Gasteiger charge is -2.13. The third-order valence-corrected chi connectivity index (χ3v) is 4.11. The van der Waals surface area contributed by atoms with E-state index in [1.807, 2.05) is 66.7 Å². The summed E-state index contributed by atoms with van der Waals surface area (Å²) in [5.41, 5.74) is 2.93. The molecule has 0 spiro atoms. The summed E-state index contributed by atoms with van der Waals surface area (Å²) in [6.45, 7) is 4.69. The predicted octanol–water partition coefficient (Wildman–Crippen LogP) is 5.99. The lowest BCUT2D eigenvalue weighted by atomic mass is 10.2. The van der Waals surface area contributed by atoms with Gasteiger partial charge < -0.3 is 15.4 Å². The summed E-state index contributed by atoms with van der Waals surface area (Å²) in [5.74, 6) is 1.44. The number of nitrogens with one attached hydrogen (secondary N) is 2. The molecule has 142 valence electrons. The van der Waals surface area contributed by atoms with Gasteiger partial charge in [0, 0.05) is 16.4 Å². The van der Waals surface area contributed by atoms with Crippen LogP contribution in [0.15, 0.2) is 96.5 Å². The maximum Gasteiger partial charge on any atom is 0.200 e. The molecule has 0 aliphatic heterocycles. The van der Waals surface area contributed by atoms with Crippen LogP contribution in [0.5, 0.6) is 5.75 Å². The molecule has 0 amide bonds. The van der Waals surface area contributed by atoms with Gasteiger partial charge in [-0.3, -0.25) is 0 Å². The van der Waals surface area contributed by atoms with Gasteiger partial charge in [-0.25, -0.2) is 4.99 Å². The van der Waals surface area contributed by atoms with E-state index in [0.717, 1.165) is 22.7 Å². The number of hydrogen-bond acceptors (Lipinski definition) is 2. The van der Waals surface area contributed by atoms with Gasteiger partial charge in [0.25, 0.3) is 0 Å². The minimum absolute atomic E-state index is 0.481. The predicted molar refractivity (Wildman–Crippen MR) is 118 cm³/mol. The van der Waals surface area contributed by atoms with Crippen LogP contribution in [-0.2, 0) is 6.54 Å². The molecule has 0 fully saturated rings. The van der Waals surface area contributed by atoms with Crippen LogP contribution in [0.2, 0.25) is 5.02 Å². The zero-order valence-corrected chi connectivity index (χ0v) is 16.2. The number of rotatable bonds is 7. The van der Waals surface area contributed by atoms with Gasteiger partial charge in [0.1, 0.15) is 12.4 Å². The van der Waals surface area contributed by atoms with Gasteiger partial charge in [0.2, 0.25) is 5.96 Å². The molecule has 28 heavy (non-hydrogen) atoms. The fraction of sp³-hybridized carbons (Fsp3) is 0.0870. The van der Waals surface area contributed by atoms with Crippen molar-refractivity contribution in [2.24, 2.45) is 4.99 Å². The van der Waals surface area contributed by atoms with E-state index >= 15 is 0 Å². The smallest absolute Gasteiger partial charge is 0.200 e. The Labute approximate surface area is 170 Å². The minimum Gasteiger partial charge on any atom is -0.490 e. The molecule has 0 aliphatic carbocycles. The summed E-state index contributed by atoms with van der Waals surface area (Å²) in [4.78, 5) is 4.70. The molecule has 0 saturated heterocycles. The van der Waals surface area contributed by atoms with Crippen LogP contribution in [0.4, 0.5) is 11.4 Å². The average molecular weight is 392 g/mol. The molecule has 0 aromatic heterocycles. The Hall–Kier alpha value is -3.24. The largest absolute Gasteiger partial charge is 0.490 e. The lowest BCUT2D eigenvalue weighted by molar-refractivity contribution is 0.363. The fourth-order valence-electron chi connectivity index (χ4n) is 2.46. The second-order valence-electron chi connectivity index (χ2n) is 6.03. The molecule has 4 nitrogen and oxygen atoms in total. The number of aliphatic imine (C=N–C) groups is 1. The highest BCUT2D eigenvalue weighted by molar-refractivity contribution is 6.30. The first-order valence-corrected chi connectivity index (χ1v) is 9.32. The van der Waals surface area contributed by atoms with Crippen LogP contribution in [-0.4, -0.2) is 12.6 Å². The Morgan fingerprint density at radius 3 is 2.11 bits per heavy atom. The third-order valence-electron chi connectivity index (χ3n) is 3.85. The van der Waals surface area contributed by atoms with Crippen molar-refractivity contribution in [1.82, 2.24) is 0 Å². The highest BCUT2D eigenvalue weighted by atomic mass is 35.5. The van der Waals surface area contributed by atoms with Crippen molar-refractivity contribution in [3.8, 4) is 5.75 Å². The van der Waals surface area contributed by atoms with E-state index in [-0.39, 0.29) is 0 Å². The van der Waals surface area contributed by atoms with E-state index in [2.05, 4.69) is 29.3 Å². The SMILES string of the molecule is C=CCOc1ccc(NC(=NCc2ccccc2)Nc2ccc(Cl)cc2)cc1. The molecule has 2 N–H and O–H groups in total. The van der Waals surface area contributed by atoms with Gasteiger partial charge in [-0.05, 0) is 54.1 Å². The standard InChI is InChI=1S/C23H22ClN3O/c1-2-16-28-22-14-12-21(13-15-22)27-23(25-17-18-6-4-3-5-7-18)26-20-10-8-19(24)9-11-20/h2-15H,1,16-17H2,(H2,25,26,27). The van der Waals surface area contributed by atoms with Crippen molar-refractivity contribution in [3.05, 3.63) is 102 Å². The Kier molecular flexibility index (Phi) is 7.10. The van der Waals surface area contributed by atoms with Crippen LogP contribution < -0.4 is 15.4 Å². The molecule has 0 bridgehead atoms. The number of hydrogen-bond donors (Lipinski definition) is 2. The summed E-state index contributed by atoms with van der Waals surface area (Å²) < 4.78 is 5.52. The summed E-state index contributed by atoms with van der Waals surface area (Å²) in [7, 11) is 0. The third kappa shape index (κ3) is 6.18. The van der Waals surface area contributed by atoms with Gasteiger partial charge in [-0.1, -0.05) is 54.6 Å². The van der Waals surface area contributed by atoms with Gasteiger partial charge in [0.05, 0.1) is 6.54 Å². The van der Waals surface area contributed by atoms with E-state index in [4.69, 9.17) is 21.3 Å². The summed E-state index contributed by atoms with van der Waals surface area (Å²) in [5, 5.41) is 7.33. The second-order valence-corrected chi connectivity index (χ2v) is 6.47. The monoisotopic (exact) mass is 391 g/mol. The molecule has 0 aliphatic rings. The molecule has 0 atom stereocenters. The lowest BCUT2D eigenvalue weighted by Crippen LogP contribution is -2.22. The van der Waals surface area contributed by atoms with Crippen molar-refractivity contribution < 1.29 is 4.74 Å². The summed E-state index contributed by atoms with van der Waals surface area (Å²) in [6, 6.07) is 25.3. The number of nitrogens with zero attached hydrogens (tertiary/aromatic N) is 1. The van der Waals surface area contributed by atoms with Crippen molar-refractivity contribution in [2.75, 3.05) is 17.2 Å². The molecular formula is C23H22ClN3O. The molecule has 3 rings (SSSR count). The zero-order chi connectivity index (χ0) is 19.6. The van der Waals surface area contributed by atoms with Gasteiger partial charge in [0.15, 0.2) is 0 Å². The minimum atomic E-state index is 0.481. The molecule has 0 heterocycles. The summed E-state index contributed by atoms with van der Waals surface area (Å²) >= 11 is 5.98. The van der Waals surface area contributed by atoms with E-state index in [1.165, 1.54) is 0 Å². The first-order chi connectivity index (χ1) is 13.7. The fourth-order valence-corrected chi connectivity index (χ4v) is 2.59. The van der Waals surface area contributed by atoms with Crippen molar-refractivity contribution >= 4 is 28.9 Å². The van der Waals surface area contributed by atoms with Crippen LogP contribution in [0.3, 0.4) is 0 Å². The molecule has 0 unspecified atom stereocenters. The first kappa shape index (κ1) is 19.5.